The molecule has 1 heterocycles. The molecule has 0 bridgehead atoms. The first-order valence-corrected chi connectivity index (χ1v) is 8.27. The molecule has 0 amide bonds. The quantitative estimate of drug-likeness (QED) is 0.595. The van der Waals surface area contributed by atoms with Crippen molar-refractivity contribution in [2.75, 3.05) is 0 Å². The molecule has 0 unspecified atom stereocenters. The maximum atomic E-state index is 13.0. The van der Waals surface area contributed by atoms with Crippen LogP contribution in [0.1, 0.15) is 15.2 Å². The van der Waals surface area contributed by atoms with Gasteiger partial charge in [-0.2, -0.15) is 0 Å². The molecule has 0 saturated heterocycles. The molecule has 0 aliphatic carbocycles. The van der Waals surface area contributed by atoms with Crippen LogP contribution in [0.15, 0.2) is 42.5 Å². The van der Waals surface area contributed by atoms with Gasteiger partial charge in [-0.1, -0.05) is 33.8 Å². The largest absolute Gasteiger partial charge is 0.456 e. The number of rotatable bonds is 4. The molecule has 0 spiro atoms. The fraction of sp³-hybridized carbons (Fsp3) is 0.0625. The normalized spacial score (nSPS) is 10.6. The highest BCUT2D eigenvalue weighted by Crippen LogP contribution is 2.28. The number of hydrogen-bond acceptors (Lipinski definition) is 5. The van der Waals surface area contributed by atoms with Crippen LogP contribution in [0.2, 0.25) is 10.0 Å². The lowest BCUT2D eigenvalue weighted by atomic mass is 10.1. The maximum Gasteiger partial charge on any atom is 0.352 e. The zero-order valence-corrected chi connectivity index (χ0v) is 14.3. The second-order valence-corrected chi connectivity index (χ2v) is 6.30. The number of halogens is 3. The minimum Gasteiger partial charge on any atom is -0.456 e. The Bertz CT molecular complexity index is 864. The lowest BCUT2D eigenvalue weighted by molar-refractivity contribution is 0.0479. The summed E-state index contributed by atoms with van der Waals surface area (Å²) < 4.78 is 22.1. The van der Waals surface area contributed by atoms with Crippen molar-refractivity contribution >= 4 is 40.7 Å². The van der Waals surface area contributed by atoms with Gasteiger partial charge >= 0.3 is 5.97 Å². The zero-order chi connectivity index (χ0) is 17.1. The minimum absolute atomic E-state index is 0.0713. The van der Waals surface area contributed by atoms with Crippen molar-refractivity contribution in [3.63, 3.8) is 0 Å². The van der Waals surface area contributed by atoms with E-state index in [1.807, 2.05) is 0 Å². The highest BCUT2D eigenvalue weighted by atomic mass is 35.5. The smallest absolute Gasteiger partial charge is 0.352 e. The van der Waals surface area contributed by atoms with E-state index in [0.717, 1.165) is 11.5 Å². The number of nitrogens with zero attached hydrogens (tertiary/aromatic N) is 2. The molecule has 0 N–H and O–H groups in total. The molecule has 0 radical (unpaired) electrons. The zero-order valence-electron chi connectivity index (χ0n) is 12.0. The van der Waals surface area contributed by atoms with Crippen molar-refractivity contribution in [1.82, 2.24) is 9.59 Å². The van der Waals surface area contributed by atoms with E-state index < -0.39 is 5.97 Å². The number of esters is 1. The monoisotopic (exact) mass is 382 g/mol. The fourth-order valence-corrected chi connectivity index (χ4v) is 3.08. The second kappa shape index (κ2) is 7.25. The molecular weight excluding hydrogens is 374 g/mol. The molecule has 2 aromatic carbocycles. The van der Waals surface area contributed by atoms with Gasteiger partial charge in [0, 0.05) is 21.2 Å². The first-order valence-electron chi connectivity index (χ1n) is 6.74. The molecular formula is C16H9Cl2FN2O2S. The van der Waals surface area contributed by atoms with E-state index in [1.54, 1.807) is 18.2 Å². The summed E-state index contributed by atoms with van der Waals surface area (Å²) in [4.78, 5) is 12.5. The van der Waals surface area contributed by atoms with Gasteiger partial charge in [-0.25, -0.2) is 9.18 Å². The van der Waals surface area contributed by atoms with Crippen LogP contribution in [-0.4, -0.2) is 15.6 Å². The average molecular weight is 383 g/mol. The van der Waals surface area contributed by atoms with E-state index in [4.69, 9.17) is 27.9 Å². The number of carbonyl (C=O) groups excluding carboxylic acids is 1. The van der Waals surface area contributed by atoms with Gasteiger partial charge in [-0.15, -0.1) is 5.10 Å². The van der Waals surface area contributed by atoms with Crippen molar-refractivity contribution < 1.29 is 13.9 Å². The average Bonchev–Trinajstić information content (AvgIpc) is 3.04. The summed E-state index contributed by atoms with van der Waals surface area (Å²) in [6.45, 7) is -0.0713. The van der Waals surface area contributed by atoms with Gasteiger partial charge in [0.1, 0.15) is 18.1 Å². The van der Waals surface area contributed by atoms with Crippen molar-refractivity contribution in [3.8, 4) is 11.3 Å². The van der Waals surface area contributed by atoms with Crippen LogP contribution in [0.5, 0.6) is 0 Å². The van der Waals surface area contributed by atoms with E-state index in [1.165, 1.54) is 24.3 Å². The summed E-state index contributed by atoms with van der Waals surface area (Å²) >= 11 is 13.0. The first-order chi connectivity index (χ1) is 11.6. The minimum atomic E-state index is -0.597. The maximum absolute atomic E-state index is 13.0. The third-order valence-corrected chi connectivity index (χ3v) is 4.61. The van der Waals surface area contributed by atoms with Gasteiger partial charge in [0.05, 0.1) is 0 Å². The summed E-state index contributed by atoms with van der Waals surface area (Å²) in [6, 6.07) is 10.6. The SMILES string of the molecule is O=C(OCc1c(Cl)cccc1Cl)c1snnc1-c1ccc(F)cc1. The number of carbonyl (C=O) groups is 1. The van der Waals surface area contributed by atoms with Gasteiger partial charge in [-0.3, -0.25) is 0 Å². The number of hydrogen-bond donors (Lipinski definition) is 0. The molecule has 24 heavy (non-hydrogen) atoms. The lowest BCUT2D eigenvalue weighted by Gasteiger charge is -2.08. The fourth-order valence-electron chi connectivity index (χ4n) is 1.99. The first kappa shape index (κ1) is 16.8. The molecule has 0 saturated carbocycles. The van der Waals surface area contributed by atoms with Crippen molar-refractivity contribution in [2.24, 2.45) is 0 Å². The Morgan fingerprint density at radius 1 is 1.12 bits per heavy atom. The molecule has 4 nitrogen and oxygen atoms in total. The standard InChI is InChI=1S/C16H9Cl2FN2O2S/c17-12-2-1-3-13(18)11(12)8-23-16(22)15-14(20-21-24-15)9-4-6-10(19)7-5-9/h1-7H,8H2. The molecule has 0 fully saturated rings. The number of ether oxygens (including phenoxy) is 1. The Morgan fingerprint density at radius 3 is 2.46 bits per heavy atom. The Hall–Kier alpha value is -2.02. The third-order valence-electron chi connectivity index (χ3n) is 3.20. The molecule has 8 heteroatoms. The predicted octanol–water partition coefficient (Wildman–Crippen LogP) is 5.01. The van der Waals surface area contributed by atoms with Crippen LogP contribution in [0.25, 0.3) is 11.3 Å². The van der Waals surface area contributed by atoms with Gasteiger partial charge in [0.25, 0.3) is 0 Å². The Labute approximate surface area is 151 Å². The van der Waals surface area contributed by atoms with Crippen LogP contribution in [0, 0.1) is 5.82 Å². The molecule has 0 atom stereocenters. The molecule has 3 rings (SSSR count). The summed E-state index contributed by atoms with van der Waals surface area (Å²) in [5.74, 6) is -0.972. The Kier molecular flexibility index (Phi) is 5.08. The topological polar surface area (TPSA) is 52.1 Å². The van der Waals surface area contributed by atoms with Crippen molar-refractivity contribution in [3.05, 3.63) is 68.8 Å². The van der Waals surface area contributed by atoms with Crippen LogP contribution >= 0.6 is 34.7 Å². The van der Waals surface area contributed by atoms with Gasteiger partial charge in [0.2, 0.25) is 0 Å². The molecule has 1 aromatic heterocycles. The van der Waals surface area contributed by atoms with E-state index in [0.29, 0.717) is 26.9 Å². The van der Waals surface area contributed by atoms with Gasteiger partial charge in [0.15, 0.2) is 4.88 Å². The van der Waals surface area contributed by atoms with Crippen molar-refractivity contribution in [1.29, 1.82) is 0 Å². The Morgan fingerprint density at radius 2 is 1.79 bits per heavy atom. The highest BCUT2D eigenvalue weighted by Gasteiger charge is 2.20. The number of aromatic nitrogens is 2. The van der Waals surface area contributed by atoms with Crippen LogP contribution in [0.3, 0.4) is 0 Å². The summed E-state index contributed by atoms with van der Waals surface area (Å²) in [6.07, 6.45) is 0. The molecule has 0 aliphatic rings. The predicted molar refractivity (Wildman–Crippen MR) is 90.9 cm³/mol. The van der Waals surface area contributed by atoms with E-state index >= 15 is 0 Å². The van der Waals surface area contributed by atoms with Gasteiger partial charge in [-0.05, 0) is 47.9 Å². The van der Waals surface area contributed by atoms with Crippen LogP contribution < -0.4 is 0 Å². The summed E-state index contributed by atoms with van der Waals surface area (Å²) in [5, 5.41) is 4.75. The van der Waals surface area contributed by atoms with E-state index in [2.05, 4.69) is 9.59 Å². The molecule has 0 aliphatic heterocycles. The third kappa shape index (κ3) is 3.56. The number of benzene rings is 2. The Balaban J connectivity index is 1.79. The molecule has 3 aromatic rings. The van der Waals surface area contributed by atoms with E-state index in [9.17, 15) is 9.18 Å². The molecule has 122 valence electrons. The lowest BCUT2D eigenvalue weighted by Crippen LogP contribution is -2.05. The van der Waals surface area contributed by atoms with E-state index in [-0.39, 0.29) is 17.3 Å². The van der Waals surface area contributed by atoms with Gasteiger partial charge < -0.3 is 4.74 Å². The summed E-state index contributed by atoms with van der Waals surface area (Å²) in [5.41, 5.74) is 1.44. The second-order valence-electron chi connectivity index (χ2n) is 4.73. The van der Waals surface area contributed by atoms with Crippen LogP contribution in [0.4, 0.5) is 4.39 Å². The highest BCUT2D eigenvalue weighted by molar-refractivity contribution is 7.08. The summed E-state index contributed by atoms with van der Waals surface area (Å²) in [7, 11) is 0. The van der Waals surface area contributed by atoms with Crippen molar-refractivity contribution in [2.45, 2.75) is 6.61 Å². The van der Waals surface area contributed by atoms with Crippen LogP contribution in [-0.2, 0) is 11.3 Å².